The van der Waals surface area contributed by atoms with Gasteiger partial charge in [-0.1, -0.05) is 23.9 Å². The van der Waals surface area contributed by atoms with Gasteiger partial charge in [0.2, 0.25) is 5.91 Å². The predicted molar refractivity (Wildman–Crippen MR) is 114 cm³/mol. The van der Waals surface area contributed by atoms with Gasteiger partial charge in [0.1, 0.15) is 5.82 Å². The molecule has 0 atom stereocenters. The summed E-state index contributed by atoms with van der Waals surface area (Å²) in [5.74, 6) is -0.622. The summed E-state index contributed by atoms with van der Waals surface area (Å²) in [5, 5.41) is 14.8. The minimum Gasteiger partial charge on any atom is -0.345 e. The number of amides is 2. The monoisotopic (exact) mass is 448 g/mol. The van der Waals surface area contributed by atoms with Crippen LogP contribution in [0.15, 0.2) is 29.4 Å². The maximum absolute atomic E-state index is 13.7. The largest absolute Gasteiger partial charge is 0.345 e. The van der Waals surface area contributed by atoms with Crippen LogP contribution in [0.4, 0.5) is 9.52 Å². The van der Waals surface area contributed by atoms with Gasteiger partial charge < -0.3 is 15.2 Å². The molecular formula is C19H21FN6O2S2. The normalized spacial score (nSPS) is 10.8. The molecule has 2 heterocycles. The van der Waals surface area contributed by atoms with E-state index in [1.807, 2.05) is 20.8 Å². The van der Waals surface area contributed by atoms with Crippen LogP contribution in [-0.4, -0.2) is 37.3 Å². The van der Waals surface area contributed by atoms with E-state index in [0.29, 0.717) is 22.7 Å². The third kappa shape index (κ3) is 5.22. The van der Waals surface area contributed by atoms with Gasteiger partial charge >= 0.3 is 0 Å². The molecule has 1 aromatic carbocycles. The average Bonchev–Trinajstić information content (AvgIpc) is 3.26. The fraction of sp³-hybridized carbons (Fsp3) is 0.316. The highest BCUT2D eigenvalue weighted by atomic mass is 32.2. The Bertz CT molecular complexity index is 1050. The number of carbonyl (C=O) groups excluding carboxylic acids is 2. The van der Waals surface area contributed by atoms with Crippen LogP contribution in [0, 0.1) is 19.7 Å². The number of anilines is 1. The molecule has 2 aromatic heterocycles. The van der Waals surface area contributed by atoms with Gasteiger partial charge in [-0.05, 0) is 32.9 Å². The van der Waals surface area contributed by atoms with Crippen molar-refractivity contribution in [1.82, 2.24) is 25.1 Å². The summed E-state index contributed by atoms with van der Waals surface area (Å²) < 4.78 is 15.5. The summed E-state index contributed by atoms with van der Waals surface area (Å²) in [7, 11) is 0. The number of aryl methyl sites for hydroxylation is 2. The Hall–Kier alpha value is -2.79. The second kappa shape index (κ2) is 9.81. The van der Waals surface area contributed by atoms with E-state index in [4.69, 9.17) is 0 Å². The molecule has 30 heavy (non-hydrogen) atoms. The fourth-order valence-electron chi connectivity index (χ4n) is 2.59. The number of hydrogen-bond acceptors (Lipinski definition) is 7. The zero-order chi connectivity index (χ0) is 21.7. The van der Waals surface area contributed by atoms with Crippen LogP contribution < -0.4 is 10.6 Å². The Morgan fingerprint density at radius 2 is 2.00 bits per heavy atom. The van der Waals surface area contributed by atoms with Gasteiger partial charge in [0, 0.05) is 11.4 Å². The average molecular weight is 449 g/mol. The third-order valence-electron chi connectivity index (χ3n) is 4.24. The summed E-state index contributed by atoms with van der Waals surface area (Å²) in [4.78, 5) is 29.7. The highest BCUT2D eigenvalue weighted by Crippen LogP contribution is 2.22. The maximum atomic E-state index is 13.7. The van der Waals surface area contributed by atoms with Gasteiger partial charge in [-0.3, -0.25) is 9.59 Å². The molecule has 2 amide bonds. The SMILES string of the molecule is CCn1c(CNC(=O)c2ccccc2F)nnc1SCC(=O)Nc1nc(C)c(C)s1. The minimum absolute atomic E-state index is 0.0287. The van der Waals surface area contributed by atoms with Crippen molar-refractivity contribution in [2.45, 2.75) is 39.0 Å². The smallest absolute Gasteiger partial charge is 0.254 e. The van der Waals surface area contributed by atoms with Crippen LogP contribution in [0.25, 0.3) is 0 Å². The summed E-state index contributed by atoms with van der Waals surface area (Å²) in [6.45, 7) is 6.42. The first kappa shape index (κ1) is 21.9. The first-order valence-corrected chi connectivity index (χ1v) is 11.0. The fourth-order valence-corrected chi connectivity index (χ4v) is 4.24. The molecule has 0 aliphatic carbocycles. The molecule has 0 aliphatic heterocycles. The first-order chi connectivity index (χ1) is 14.4. The molecule has 0 saturated carbocycles. The minimum atomic E-state index is -0.583. The number of aromatic nitrogens is 4. The second-order valence-electron chi connectivity index (χ2n) is 6.30. The number of thioether (sulfide) groups is 1. The summed E-state index contributed by atoms with van der Waals surface area (Å²) in [5.41, 5.74) is 0.870. The van der Waals surface area contributed by atoms with Gasteiger partial charge in [-0.2, -0.15) is 0 Å². The summed E-state index contributed by atoms with van der Waals surface area (Å²) >= 11 is 2.68. The lowest BCUT2D eigenvalue weighted by molar-refractivity contribution is -0.113. The van der Waals surface area contributed by atoms with Crippen molar-refractivity contribution < 1.29 is 14.0 Å². The van der Waals surface area contributed by atoms with E-state index in [1.165, 1.54) is 41.3 Å². The molecule has 0 aliphatic rings. The maximum Gasteiger partial charge on any atom is 0.254 e. The first-order valence-electron chi connectivity index (χ1n) is 9.20. The van der Waals surface area contributed by atoms with Crippen LogP contribution in [0.2, 0.25) is 0 Å². The Kier molecular flexibility index (Phi) is 7.16. The molecule has 3 aromatic rings. The molecule has 0 bridgehead atoms. The van der Waals surface area contributed by atoms with Crippen molar-refractivity contribution in [3.63, 3.8) is 0 Å². The van der Waals surface area contributed by atoms with E-state index in [0.717, 1.165) is 10.6 Å². The molecule has 11 heteroatoms. The van der Waals surface area contributed by atoms with Crippen molar-refractivity contribution in [2.24, 2.45) is 0 Å². The van der Waals surface area contributed by atoms with Gasteiger partial charge in [-0.25, -0.2) is 9.37 Å². The molecule has 158 valence electrons. The molecule has 3 rings (SSSR count). The lowest BCUT2D eigenvalue weighted by Crippen LogP contribution is -2.25. The Morgan fingerprint density at radius 3 is 2.67 bits per heavy atom. The Balaban J connectivity index is 1.57. The van der Waals surface area contributed by atoms with E-state index in [9.17, 15) is 14.0 Å². The molecule has 0 radical (unpaired) electrons. The van der Waals surface area contributed by atoms with E-state index in [1.54, 1.807) is 10.6 Å². The van der Waals surface area contributed by atoms with Crippen LogP contribution in [0.1, 0.15) is 33.7 Å². The van der Waals surface area contributed by atoms with Gasteiger partial charge in [0.05, 0.1) is 23.6 Å². The van der Waals surface area contributed by atoms with Gasteiger partial charge in [0.15, 0.2) is 16.1 Å². The Labute approximate surface area is 181 Å². The van der Waals surface area contributed by atoms with E-state index >= 15 is 0 Å². The number of carbonyl (C=O) groups is 2. The predicted octanol–water partition coefficient (Wildman–Crippen LogP) is 3.17. The number of thiazole rings is 1. The summed E-state index contributed by atoms with van der Waals surface area (Å²) in [6.07, 6.45) is 0. The number of halogens is 1. The number of nitrogens with one attached hydrogen (secondary N) is 2. The highest BCUT2D eigenvalue weighted by molar-refractivity contribution is 7.99. The van der Waals surface area contributed by atoms with Crippen molar-refractivity contribution in [2.75, 3.05) is 11.1 Å². The third-order valence-corrected chi connectivity index (χ3v) is 6.20. The van der Waals surface area contributed by atoms with Crippen LogP contribution >= 0.6 is 23.1 Å². The lowest BCUT2D eigenvalue weighted by atomic mass is 10.2. The molecule has 2 N–H and O–H groups in total. The zero-order valence-electron chi connectivity index (χ0n) is 16.7. The van der Waals surface area contributed by atoms with Crippen LogP contribution in [0.3, 0.4) is 0 Å². The standard InChI is InChI=1S/C19H21FN6O2S2/c1-4-26-15(9-21-17(28)13-7-5-6-8-14(13)20)24-25-19(26)29-10-16(27)23-18-22-11(2)12(3)30-18/h5-8H,4,9-10H2,1-3H3,(H,21,28)(H,22,23,27). The van der Waals surface area contributed by atoms with Crippen molar-refractivity contribution in [3.8, 4) is 0 Å². The highest BCUT2D eigenvalue weighted by Gasteiger charge is 2.16. The lowest BCUT2D eigenvalue weighted by Gasteiger charge is -2.09. The number of benzene rings is 1. The molecule has 0 spiro atoms. The van der Waals surface area contributed by atoms with Gasteiger partial charge in [0.25, 0.3) is 5.91 Å². The number of hydrogen-bond donors (Lipinski definition) is 2. The second-order valence-corrected chi connectivity index (χ2v) is 8.45. The van der Waals surface area contributed by atoms with E-state index in [2.05, 4.69) is 25.8 Å². The molecule has 8 nitrogen and oxygen atoms in total. The summed E-state index contributed by atoms with van der Waals surface area (Å²) in [6, 6.07) is 5.77. The molecular weight excluding hydrogens is 427 g/mol. The quantitative estimate of drug-likeness (QED) is 0.513. The van der Waals surface area contributed by atoms with Crippen molar-refractivity contribution in [1.29, 1.82) is 0 Å². The van der Waals surface area contributed by atoms with E-state index < -0.39 is 11.7 Å². The van der Waals surface area contributed by atoms with Crippen LogP contribution in [0.5, 0.6) is 0 Å². The zero-order valence-corrected chi connectivity index (χ0v) is 18.4. The number of nitrogens with zero attached hydrogens (tertiary/aromatic N) is 4. The van der Waals surface area contributed by atoms with E-state index in [-0.39, 0.29) is 23.8 Å². The van der Waals surface area contributed by atoms with Gasteiger partial charge in [-0.15, -0.1) is 21.5 Å². The van der Waals surface area contributed by atoms with Crippen molar-refractivity contribution >= 4 is 40.0 Å². The topological polar surface area (TPSA) is 102 Å². The molecule has 0 saturated heterocycles. The Morgan fingerprint density at radius 1 is 1.23 bits per heavy atom. The molecule has 0 fully saturated rings. The van der Waals surface area contributed by atoms with Crippen molar-refractivity contribution in [3.05, 3.63) is 52.0 Å². The van der Waals surface area contributed by atoms with Crippen LogP contribution in [-0.2, 0) is 17.9 Å². The molecule has 0 unspecified atom stereocenters. The number of rotatable bonds is 8.